The molecule has 0 aromatic heterocycles. The quantitative estimate of drug-likeness (QED) is 0.835. The van der Waals surface area contributed by atoms with Gasteiger partial charge < -0.3 is 10.6 Å². The van der Waals surface area contributed by atoms with E-state index < -0.39 is 0 Å². The molecule has 4 heteroatoms. The maximum atomic E-state index is 6.32. The normalized spacial score (nSPS) is 14.9. The summed E-state index contributed by atoms with van der Waals surface area (Å²) in [6, 6.07) is 8.60. The first-order chi connectivity index (χ1) is 9.01. The highest BCUT2D eigenvalue weighted by Crippen LogP contribution is 2.28. The number of benzene rings is 1. The van der Waals surface area contributed by atoms with Gasteiger partial charge in [0.15, 0.2) is 0 Å². The Labute approximate surface area is 122 Å². The molecular formula is C15H26ClN3. The van der Waals surface area contributed by atoms with Crippen LogP contribution in [0.25, 0.3) is 0 Å². The van der Waals surface area contributed by atoms with Crippen LogP contribution in [0.15, 0.2) is 24.3 Å². The first kappa shape index (κ1) is 16.4. The van der Waals surface area contributed by atoms with Gasteiger partial charge in [-0.25, -0.2) is 0 Å². The van der Waals surface area contributed by atoms with Crippen molar-refractivity contribution in [1.82, 2.24) is 9.80 Å². The predicted molar refractivity (Wildman–Crippen MR) is 83.6 cm³/mol. The molecule has 0 fully saturated rings. The number of halogens is 1. The summed E-state index contributed by atoms with van der Waals surface area (Å²) in [5, 5.41) is 0.799. The molecule has 0 spiro atoms. The van der Waals surface area contributed by atoms with E-state index in [2.05, 4.69) is 43.8 Å². The van der Waals surface area contributed by atoms with Crippen LogP contribution < -0.4 is 5.73 Å². The summed E-state index contributed by atoms with van der Waals surface area (Å²) in [4.78, 5) is 4.62. The van der Waals surface area contributed by atoms with Gasteiger partial charge in [0.25, 0.3) is 0 Å². The highest BCUT2D eigenvalue weighted by molar-refractivity contribution is 6.31. The van der Waals surface area contributed by atoms with Gasteiger partial charge in [-0.05, 0) is 39.2 Å². The number of nitrogens with zero attached hydrogens (tertiary/aromatic N) is 2. The average molecular weight is 284 g/mol. The minimum absolute atomic E-state index is 0.175. The lowest BCUT2D eigenvalue weighted by atomic mass is 10.0. The van der Waals surface area contributed by atoms with Crippen molar-refractivity contribution in [2.24, 2.45) is 5.73 Å². The minimum Gasteiger partial charge on any atom is -0.329 e. The van der Waals surface area contributed by atoms with E-state index in [-0.39, 0.29) is 6.04 Å². The second kappa shape index (κ2) is 7.85. The van der Waals surface area contributed by atoms with Crippen molar-refractivity contribution in [3.8, 4) is 0 Å². The summed E-state index contributed by atoms with van der Waals surface area (Å²) >= 11 is 6.32. The maximum absolute atomic E-state index is 6.32. The molecule has 0 saturated carbocycles. The summed E-state index contributed by atoms with van der Waals surface area (Å²) < 4.78 is 0. The van der Waals surface area contributed by atoms with Crippen molar-refractivity contribution < 1.29 is 0 Å². The van der Waals surface area contributed by atoms with Gasteiger partial charge >= 0.3 is 0 Å². The fourth-order valence-electron chi connectivity index (χ4n) is 2.66. The monoisotopic (exact) mass is 283 g/mol. The number of likely N-dealkylation sites (N-methyl/N-ethyl adjacent to an activating group) is 2. The Morgan fingerprint density at radius 1 is 1.26 bits per heavy atom. The molecule has 3 nitrogen and oxygen atoms in total. The third-order valence-corrected chi connectivity index (χ3v) is 3.79. The molecule has 0 radical (unpaired) electrons. The SMILES string of the molecule is CCN(C(C)CN(C)C)C(CN)c1ccccc1Cl. The first-order valence-corrected chi connectivity index (χ1v) is 7.24. The predicted octanol–water partition coefficient (Wildman–Crippen LogP) is 2.61. The van der Waals surface area contributed by atoms with Crippen LogP contribution in [-0.4, -0.2) is 49.6 Å². The molecule has 0 amide bonds. The van der Waals surface area contributed by atoms with E-state index in [0.717, 1.165) is 23.7 Å². The van der Waals surface area contributed by atoms with Crippen LogP contribution in [0.1, 0.15) is 25.5 Å². The fraction of sp³-hybridized carbons (Fsp3) is 0.600. The van der Waals surface area contributed by atoms with Crippen molar-refractivity contribution in [3.63, 3.8) is 0 Å². The fourth-order valence-corrected chi connectivity index (χ4v) is 2.92. The number of hydrogen-bond donors (Lipinski definition) is 1. The van der Waals surface area contributed by atoms with E-state index in [1.807, 2.05) is 18.2 Å². The second-order valence-electron chi connectivity index (χ2n) is 5.21. The van der Waals surface area contributed by atoms with Gasteiger partial charge in [-0.2, -0.15) is 0 Å². The van der Waals surface area contributed by atoms with Gasteiger partial charge in [0.05, 0.1) is 0 Å². The molecule has 1 rings (SSSR count). The van der Waals surface area contributed by atoms with Crippen LogP contribution in [-0.2, 0) is 0 Å². The largest absolute Gasteiger partial charge is 0.329 e. The third-order valence-electron chi connectivity index (χ3n) is 3.45. The molecule has 1 aromatic carbocycles. The van der Waals surface area contributed by atoms with Crippen LogP contribution in [0, 0.1) is 0 Å². The van der Waals surface area contributed by atoms with E-state index in [9.17, 15) is 0 Å². The highest BCUT2D eigenvalue weighted by atomic mass is 35.5. The summed E-state index contributed by atoms with van der Waals surface area (Å²) in [5.41, 5.74) is 7.13. The van der Waals surface area contributed by atoms with Crippen LogP contribution in [0.3, 0.4) is 0 Å². The summed E-state index contributed by atoms with van der Waals surface area (Å²) in [7, 11) is 4.19. The van der Waals surface area contributed by atoms with E-state index in [0.29, 0.717) is 12.6 Å². The number of rotatable bonds is 7. The molecule has 0 aliphatic heterocycles. The zero-order chi connectivity index (χ0) is 14.4. The van der Waals surface area contributed by atoms with E-state index >= 15 is 0 Å². The number of hydrogen-bond acceptors (Lipinski definition) is 3. The summed E-state index contributed by atoms with van der Waals surface area (Å²) in [6.45, 7) is 6.96. The molecule has 19 heavy (non-hydrogen) atoms. The Morgan fingerprint density at radius 2 is 1.89 bits per heavy atom. The Kier molecular flexibility index (Phi) is 6.80. The van der Waals surface area contributed by atoms with Crippen LogP contribution in [0.5, 0.6) is 0 Å². The molecule has 0 heterocycles. The standard InChI is InChI=1S/C15H26ClN3/c1-5-19(12(2)11-18(3)4)15(10-17)13-8-6-7-9-14(13)16/h6-9,12,15H,5,10-11,17H2,1-4H3. The zero-order valence-electron chi connectivity index (χ0n) is 12.4. The van der Waals surface area contributed by atoms with Crippen molar-refractivity contribution in [3.05, 3.63) is 34.9 Å². The van der Waals surface area contributed by atoms with Gasteiger partial charge in [-0.1, -0.05) is 36.7 Å². The van der Waals surface area contributed by atoms with Crippen molar-refractivity contribution >= 4 is 11.6 Å². The molecule has 1 aromatic rings. The van der Waals surface area contributed by atoms with E-state index in [1.165, 1.54) is 0 Å². The van der Waals surface area contributed by atoms with E-state index in [1.54, 1.807) is 0 Å². The molecule has 0 aliphatic rings. The van der Waals surface area contributed by atoms with Gasteiger partial charge in [-0.3, -0.25) is 4.90 Å². The van der Waals surface area contributed by atoms with Gasteiger partial charge in [0.1, 0.15) is 0 Å². The molecule has 0 bridgehead atoms. The molecule has 2 atom stereocenters. The maximum Gasteiger partial charge on any atom is 0.0488 e. The smallest absolute Gasteiger partial charge is 0.0488 e. The lowest BCUT2D eigenvalue weighted by Gasteiger charge is -2.37. The Balaban J connectivity index is 2.96. The van der Waals surface area contributed by atoms with Crippen molar-refractivity contribution in [2.75, 3.05) is 33.7 Å². The lowest BCUT2D eigenvalue weighted by molar-refractivity contribution is 0.131. The first-order valence-electron chi connectivity index (χ1n) is 6.86. The van der Waals surface area contributed by atoms with Crippen molar-refractivity contribution in [2.45, 2.75) is 25.9 Å². The van der Waals surface area contributed by atoms with Gasteiger partial charge in [0, 0.05) is 30.2 Å². The molecule has 0 aliphatic carbocycles. The molecular weight excluding hydrogens is 258 g/mol. The molecule has 108 valence electrons. The second-order valence-corrected chi connectivity index (χ2v) is 5.62. The lowest BCUT2D eigenvalue weighted by Crippen LogP contribution is -2.44. The third kappa shape index (κ3) is 4.46. The summed E-state index contributed by atoms with van der Waals surface area (Å²) in [5.74, 6) is 0. The zero-order valence-corrected chi connectivity index (χ0v) is 13.2. The number of nitrogens with two attached hydrogens (primary N) is 1. The van der Waals surface area contributed by atoms with E-state index in [4.69, 9.17) is 17.3 Å². The van der Waals surface area contributed by atoms with Gasteiger partial charge in [-0.15, -0.1) is 0 Å². The molecule has 0 saturated heterocycles. The highest BCUT2D eigenvalue weighted by Gasteiger charge is 2.24. The minimum atomic E-state index is 0.175. The van der Waals surface area contributed by atoms with Gasteiger partial charge in [0.2, 0.25) is 0 Å². The van der Waals surface area contributed by atoms with Crippen LogP contribution in [0.2, 0.25) is 5.02 Å². The van der Waals surface area contributed by atoms with Crippen LogP contribution in [0.4, 0.5) is 0 Å². The van der Waals surface area contributed by atoms with Crippen LogP contribution >= 0.6 is 11.6 Å². The topological polar surface area (TPSA) is 32.5 Å². The Bertz CT molecular complexity index is 381. The average Bonchev–Trinajstić information content (AvgIpc) is 2.36. The van der Waals surface area contributed by atoms with Crippen molar-refractivity contribution in [1.29, 1.82) is 0 Å². The molecule has 2 N–H and O–H groups in total. The summed E-state index contributed by atoms with van der Waals surface area (Å²) in [6.07, 6.45) is 0. The molecule has 2 unspecified atom stereocenters. The Morgan fingerprint density at radius 3 is 2.37 bits per heavy atom. The Hall–Kier alpha value is -0.610.